The van der Waals surface area contributed by atoms with E-state index < -0.39 is 0 Å². The highest BCUT2D eigenvalue weighted by Crippen LogP contribution is 2.02. The first kappa shape index (κ1) is 7.02. The summed E-state index contributed by atoms with van der Waals surface area (Å²) < 4.78 is 0. The minimum Gasteiger partial charge on any atom is -0.396 e. The molecule has 0 aliphatic carbocycles. The average Bonchev–Trinajstić information content (AvgIpc) is 1.88. The van der Waals surface area contributed by atoms with Crippen LogP contribution < -0.4 is 5.73 Å². The number of anilines is 1. The van der Waals surface area contributed by atoms with Gasteiger partial charge in [-0.3, -0.25) is 0 Å². The second kappa shape index (κ2) is 3.17. The lowest BCUT2D eigenvalue weighted by atomic mass is 10.2. The first-order valence-corrected chi connectivity index (χ1v) is 3.14. The van der Waals surface area contributed by atoms with Gasteiger partial charge >= 0.3 is 0 Å². The summed E-state index contributed by atoms with van der Waals surface area (Å²) >= 11 is 0. The summed E-state index contributed by atoms with van der Waals surface area (Å²) in [5.41, 5.74) is 6.42. The molecule has 0 aliphatic heterocycles. The van der Waals surface area contributed by atoms with Gasteiger partial charge in [-0.1, -0.05) is 0 Å². The predicted molar refractivity (Wildman–Crippen MR) is 39.4 cm³/mol. The van der Waals surface area contributed by atoms with E-state index in [-0.39, 0.29) is 6.61 Å². The van der Waals surface area contributed by atoms with Crippen LogP contribution in [0, 0.1) is 0 Å². The van der Waals surface area contributed by atoms with Gasteiger partial charge in [-0.05, 0) is 24.1 Å². The Hall–Kier alpha value is -1.09. The molecular weight excluding hydrogens is 128 g/mol. The number of aromatic nitrogens is 1. The Labute approximate surface area is 59.5 Å². The third-order valence-corrected chi connectivity index (χ3v) is 1.25. The summed E-state index contributed by atoms with van der Waals surface area (Å²) in [5.74, 6) is 0.506. The standard InChI is InChI=1S/C7H10N2O/c8-7-5-6(2-4-10)1-3-9-7/h1,3,5,10H,2,4H2,(H2,8,9). The van der Waals surface area contributed by atoms with Crippen molar-refractivity contribution >= 4 is 5.82 Å². The van der Waals surface area contributed by atoms with E-state index in [1.54, 1.807) is 12.3 Å². The molecule has 10 heavy (non-hydrogen) atoms. The largest absolute Gasteiger partial charge is 0.396 e. The zero-order valence-electron chi connectivity index (χ0n) is 5.62. The van der Waals surface area contributed by atoms with Gasteiger partial charge in [0.25, 0.3) is 0 Å². The van der Waals surface area contributed by atoms with E-state index in [0.717, 1.165) is 5.56 Å². The lowest BCUT2D eigenvalue weighted by Crippen LogP contribution is -1.94. The van der Waals surface area contributed by atoms with Crippen molar-refractivity contribution in [3.05, 3.63) is 23.9 Å². The Morgan fingerprint density at radius 3 is 3.00 bits per heavy atom. The van der Waals surface area contributed by atoms with Crippen LogP contribution in [0.2, 0.25) is 0 Å². The molecule has 0 unspecified atom stereocenters. The number of nitrogen functional groups attached to an aromatic ring is 1. The van der Waals surface area contributed by atoms with Gasteiger partial charge in [-0.25, -0.2) is 4.98 Å². The van der Waals surface area contributed by atoms with E-state index in [4.69, 9.17) is 10.8 Å². The quantitative estimate of drug-likeness (QED) is 0.613. The van der Waals surface area contributed by atoms with E-state index in [1.807, 2.05) is 6.07 Å². The van der Waals surface area contributed by atoms with Crippen LogP contribution in [0.3, 0.4) is 0 Å². The van der Waals surface area contributed by atoms with Gasteiger partial charge in [-0.15, -0.1) is 0 Å². The number of aliphatic hydroxyl groups is 1. The SMILES string of the molecule is Nc1cc(CCO)ccn1. The van der Waals surface area contributed by atoms with Crippen molar-refractivity contribution in [2.75, 3.05) is 12.3 Å². The van der Waals surface area contributed by atoms with E-state index in [9.17, 15) is 0 Å². The zero-order valence-corrected chi connectivity index (χ0v) is 5.62. The van der Waals surface area contributed by atoms with Crippen LogP contribution in [-0.2, 0) is 6.42 Å². The molecule has 0 saturated heterocycles. The number of hydrogen-bond acceptors (Lipinski definition) is 3. The Morgan fingerprint density at radius 1 is 1.60 bits per heavy atom. The number of hydrogen-bond donors (Lipinski definition) is 2. The van der Waals surface area contributed by atoms with Gasteiger partial charge in [0.2, 0.25) is 0 Å². The zero-order chi connectivity index (χ0) is 7.40. The first-order chi connectivity index (χ1) is 4.83. The molecule has 0 amide bonds. The minimum absolute atomic E-state index is 0.156. The van der Waals surface area contributed by atoms with Gasteiger partial charge in [0, 0.05) is 12.8 Å². The molecule has 0 radical (unpaired) electrons. The molecule has 1 rings (SSSR count). The fraction of sp³-hybridized carbons (Fsp3) is 0.286. The summed E-state index contributed by atoms with van der Waals surface area (Å²) in [4.78, 5) is 3.82. The molecule has 3 N–H and O–H groups in total. The van der Waals surface area contributed by atoms with Crippen LogP contribution in [0.15, 0.2) is 18.3 Å². The Bertz CT molecular complexity index is 213. The highest BCUT2D eigenvalue weighted by Gasteiger charge is 1.91. The summed E-state index contributed by atoms with van der Waals surface area (Å²) in [6.07, 6.45) is 2.28. The van der Waals surface area contributed by atoms with Gasteiger partial charge in [0.05, 0.1) is 0 Å². The maximum Gasteiger partial charge on any atom is 0.123 e. The number of pyridine rings is 1. The number of nitrogens with two attached hydrogens (primary N) is 1. The monoisotopic (exact) mass is 138 g/mol. The highest BCUT2D eigenvalue weighted by molar-refractivity contribution is 5.31. The number of rotatable bonds is 2. The molecule has 0 atom stereocenters. The van der Waals surface area contributed by atoms with Crippen molar-refractivity contribution in [3.63, 3.8) is 0 Å². The molecule has 0 spiro atoms. The van der Waals surface area contributed by atoms with Crippen molar-refractivity contribution in [3.8, 4) is 0 Å². The molecule has 1 heterocycles. The molecule has 1 aromatic rings. The van der Waals surface area contributed by atoms with Crippen LogP contribution in [0.1, 0.15) is 5.56 Å². The van der Waals surface area contributed by atoms with Crippen molar-refractivity contribution in [2.45, 2.75) is 6.42 Å². The number of aliphatic hydroxyl groups excluding tert-OH is 1. The second-order valence-electron chi connectivity index (χ2n) is 2.06. The highest BCUT2D eigenvalue weighted by atomic mass is 16.2. The van der Waals surface area contributed by atoms with Crippen molar-refractivity contribution in [2.24, 2.45) is 0 Å². The van der Waals surface area contributed by atoms with E-state index in [1.165, 1.54) is 0 Å². The van der Waals surface area contributed by atoms with Gasteiger partial charge in [0.15, 0.2) is 0 Å². The molecule has 1 aromatic heterocycles. The summed E-state index contributed by atoms with van der Waals surface area (Å²) in [5, 5.41) is 8.55. The summed E-state index contributed by atoms with van der Waals surface area (Å²) in [6.45, 7) is 0.156. The maximum absolute atomic E-state index is 8.55. The molecule has 0 aromatic carbocycles. The van der Waals surface area contributed by atoms with E-state index >= 15 is 0 Å². The predicted octanol–water partition coefficient (Wildman–Crippen LogP) is 0.199. The van der Waals surface area contributed by atoms with Crippen molar-refractivity contribution in [1.82, 2.24) is 4.98 Å². The Morgan fingerprint density at radius 2 is 2.40 bits per heavy atom. The van der Waals surface area contributed by atoms with Crippen LogP contribution in [-0.4, -0.2) is 16.7 Å². The topological polar surface area (TPSA) is 59.1 Å². The fourth-order valence-electron chi connectivity index (χ4n) is 0.779. The van der Waals surface area contributed by atoms with Gasteiger partial charge in [0.1, 0.15) is 5.82 Å². The third kappa shape index (κ3) is 1.70. The maximum atomic E-state index is 8.55. The van der Waals surface area contributed by atoms with Crippen molar-refractivity contribution < 1.29 is 5.11 Å². The van der Waals surface area contributed by atoms with Crippen LogP contribution >= 0.6 is 0 Å². The Kier molecular flexibility index (Phi) is 2.23. The first-order valence-electron chi connectivity index (χ1n) is 3.14. The summed E-state index contributed by atoms with van der Waals surface area (Å²) in [7, 11) is 0. The van der Waals surface area contributed by atoms with Crippen LogP contribution in [0.5, 0.6) is 0 Å². The molecule has 0 saturated carbocycles. The number of nitrogens with zero attached hydrogens (tertiary/aromatic N) is 1. The Balaban J connectivity index is 2.75. The second-order valence-corrected chi connectivity index (χ2v) is 2.06. The lowest BCUT2D eigenvalue weighted by Gasteiger charge is -1.96. The average molecular weight is 138 g/mol. The van der Waals surface area contributed by atoms with E-state index in [0.29, 0.717) is 12.2 Å². The smallest absolute Gasteiger partial charge is 0.123 e. The van der Waals surface area contributed by atoms with Crippen molar-refractivity contribution in [1.29, 1.82) is 0 Å². The molecule has 0 fully saturated rings. The van der Waals surface area contributed by atoms with Crippen LogP contribution in [0.4, 0.5) is 5.82 Å². The molecule has 0 aliphatic rings. The molecule has 3 heteroatoms. The van der Waals surface area contributed by atoms with Gasteiger partial charge < -0.3 is 10.8 Å². The fourth-order valence-corrected chi connectivity index (χ4v) is 0.779. The lowest BCUT2D eigenvalue weighted by molar-refractivity contribution is 0.299. The summed E-state index contributed by atoms with van der Waals surface area (Å²) in [6, 6.07) is 3.60. The molecular formula is C7H10N2O. The molecule has 54 valence electrons. The van der Waals surface area contributed by atoms with Crippen LogP contribution in [0.25, 0.3) is 0 Å². The van der Waals surface area contributed by atoms with E-state index in [2.05, 4.69) is 4.98 Å². The van der Waals surface area contributed by atoms with Gasteiger partial charge in [-0.2, -0.15) is 0 Å². The molecule has 0 bridgehead atoms. The molecule has 3 nitrogen and oxygen atoms in total. The third-order valence-electron chi connectivity index (χ3n) is 1.25. The normalized spacial score (nSPS) is 9.70. The minimum atomic E-state index is 0.156.